The average Bonchev–Trinajstić information content (AvgIpc) is 1.63. The summed E-state index contributed by atoms with van der Waals surface area (Å²) in [7, 11) is 0. The Morgan fingerprint density at radius 3 is 1.67 bits per heavy atom. The van der Waals surface area contributed by atoms with Crippen molar-refractivity contribution in [3.63, 3.8) is 0 Å². The van der Waals surface area contributed by atoms with E-state index in [4.69, 9.17) is 9.84 Å². The molecule has 0 radical (unpaired) electrons. The normalized spacial score (nSPS) is 15.0. The van der Waals surface area contributed by atoms with Gasteiger partial charge in [-0.1, -0.05) is 13.8 Å². The Balaban J connectivity index is 3.38. The standard InChI is InChI=1S/C7H16O2/c1-5(2)7(8)9-6(3)4/h5-8H,1-4H3. The molecule has 56 valence electrons. The highest BCUT2D eigenvalue weighted by Gasteiger charge is 2.09. The second kappa shape index (κ2) is 3.85. The van der Waals surface area contributed by atoms with E-state index in [1.807, 2.05) is 27.7 Å². The van der Waals surface area contributed by atoms with Gasteiger partial charge in [-0.2, -0.15) is 0 Å². The van der Waals surface area contributed by atoms with E-state index in [9.17, 15) is 0 Å². The van der Waals surface area contributed by atoms with Crippen LogP contribution in [0.25, 0.3) is 0 Å². The molecule has 0 aromatic carbocycles. The maximum atomic E-state index is 9.07. The second-order valence-electron chi connectivity index (χ2n) is 2.82. The highest BCUT2D eigenvalue weighted by Crippen LogP contribution is 2.04. The molecule has 0 spiro atoms. The first-order valence-electron chi connectivity index (χ1n) is 3.37. The molecule has 9 heavy (non-hydrogen) atoms. The van der Waals surface area contributed by atoms with Crippen molar-refractivity contribution in [2.24, 2.45) is 5.92 Å². The monoisotopic (exact) mass is 132 g/mol. The SMILES string of the molecule is CC(C)OC(O)C(C)C. The van der Waals surface area contributed by atoms with Gasteiger partial charge in [0.05, 0.1) is 6.10 Å². The van der Waals surface area contributed by atoms with Gasteiger partial charge in [0.15, 0.2) is 6.29 Å². The Morgan fingerprint density at radius 1 is 1.11 bits per heavy atom. The lowest BCUT2D eigenvalue weighted by atomic mass is 10.2. The highest BCUT2D eigenvalue weighted by atomic mass is 16.6. The lowest BCUT2D eigenvalue weighted by molar-refractivity contribution is -0.149. The lowest BCUT2D eigenvalue weighted by Crippen LogP contribution is -2.22. The molecule has 2 heteroatoms. The lowest BCUT2D eigenvalue weighted by Gasteiger charge is -2.17. The van der Waals surface area contributed by atoms with E-state index in [0.717, 1.165) is 0 Å². The Labute approximate surface area is 56.8 Å². The van der Waals surface area contributed by atoms with Crippen LogP contribution in [0.15, 0.2) is 0 Å². The number of aliphatic hydroxyl groups excluding tert-OH is 1. The third-order valence-electron chi connectivity index (χ3n) is 0.982. The Morgan fingerprint density at radius 2 is 1.56 bits per heavy atom. The summed E-state index contributed by atoms with van der Waals surface area (Å²) >= 11 is 0. The van der Waals surface area contributed by atoms with Crippen molar-refractivity contribution in [2.75, 3.05) is 0 Å². The molecule has 0 saturated heterocycles. The first-order valence-corrected chi connectivity index (χ1v) is 3.37. The number of rotatable bonds is 3. The predicted molar refractivity (Wildman–Crippen MR) is 37.1 cm³/mol. The van der Waals surface area contributed by atoms with Gasteiger partial charge in [-0.25, -0.2) is 0 Å². The first-order chi connectivity index (χ1) is 4.04. The third-order valence-corrected chi connectivity index (χ3v) is 0.982. The van der Waals surface area contributed by atoms with Gasteiger partial charge in [0.1, 0.15) is 0 Å². The summed E-state index contributed by atoms with van der Waals surface area (Å²) < 4.78 is 5.07. The fourth-order valence-electron chi connectivity index (χ4n) is 0.436. The van der Waals surface area contributed by atoms with Crippen LogP contribution in [-0.2, 0) is 4.74 Å². The molecular weight excluding hydrogens is 116 g/mol. The molecule has 0 saturated carbocycles. The largest absolute Gasteiger partial charge is 0.368 e. The van der Waals surface area contributed by atoms with Crippen LogP contribution in [0.5, 0.6) is 0 Å². The van der Waals surface area contributed by atoms with Gasteiger partial charge in [0, 0.05) is 5.92 Å². The van der Waals surface area contributed by atoms with Crippen molar-refractivity contribution < 1.29 is 9.84 Å². The summed E-state index contributed by atoms with van der Waals surface area (Å²) in [6.07, 6.45) is -0.493. The fourth-order valence-corrected chi connectivity index (χ4v) is 0.436. The molecule has 0 aliphatic carbocycles. The quantitative estimate of drug-likeness (QED) is 0.588. The minimum absolute atomic E-state index is 0.113. The van der Waals surface area contributed by atoms with Crippen LogP contribution in [0.1, 0.15) is 27.7 Å². The molecule has 0 aliphatic rings. The molecule has 1 atom stereocenters. The molecular formula is C7H16O2. The van der Waals surface area contributed by atoms with E-state index < -0.39 is 6.29 Å². The van der Waals surface area contributed by atoms with Crippen LogP contribution in [0.3, 0.4) is 0 Å². The molecule has 0 amide bonds. The van der Waals surface area contributed by atoms with Crippen LogP contribution in [-0.4, -0.2) is 17.5 Å². The molecule has 0 aliphatic heterocycles. The molecule has 1 unspecified atom stereocenters. The summed E-state index contributed by atoms with van der Waals surface area (Å²) in [6, 6.07) is 0. The zero-order chi connectivity index (χ0) is 7.44. The van der Waals surface area contributed by atoms with Gasteiger partial charge in [0.2, 0.25) is 0 Å². The van der Waals surface area contributed by atoms with Crippen LogP contribution in [0.2, 0.25) is 0 Å². The van der Waals surface area contributed by atoms with Crippen molar-refractivity contribution in [1.29, 1.82) is 0 Å². The minimum atomic E-state index is -0.606. The van der Waals surface area contributed by atoms with Crippen LogP contribution < -0.4 is 0 Å². The second-order valence-corrected chi connectivity index (χ2v) is 2.82. The van der Waals surface area contributed by atoms with Gasteiger partial charge in [-0.3, -0.25) is 0 Å². The number of hydrogen-bond acceptors (Lipinski definition) is 2. The molecule has 0 bridgehead atoms. The average molecular weight is 132 g/mol. The van der Waals surface area contributed by atoms with Gasteiger partial charge < -0.3 is 9.84 Å². The first kappa shape index (κ1) is 8.92. The maximum Gasteiger partial charge on any atom is 0.157 e. The summed E-state index contributed by atoms with van der Waals surface area (Å²) in [5, 5.41) is 9.07. The molecule has 0 aromatic heterocycles. The number of ether oxygens (including phenoxy) is 1. The summed E-state index contributed by atoms with van der Waals surface area (Å²) in [5.74, 6) is 0.187. The summed E-state index contributed by atoms with van der Waals surface area (Å²) in [5.41, 5.74) is 0. The van der Waals surface area contributed by atoms with Gasteiger partial charge in [0.25, 0.3) is 0 Å². The summed E-state index contributed by atoms with van der Waals surface area (Å²) in [4.78, 5) is 0. The molecule has 2 nitrogen and oxygen atoms in total. The molecule has 0 heterocycles. The van der Waals surface area contributed by atoms with Crippen molar-refractivity contribution in [3.8, 4) is 0 Å². The van der Waals surface area contributed by atoms with Crippen LogP contribution in [0.4, 0.5) is 0 Å². The van der Waals surface area contributed by atoms with Crippen molar-refractivity contribution in [3.05, 3.63) is 0 Å². The zero-order valence-corrected chi connectivity index (χ0v) is 6.59. The van der Waals surface area contributed by atoms with Gasteiger partial charge in [-0.05, 0) is 13.8 Å². The number of hydrogen-bond donors (Lipinski definition) is 1. The topological polar surface area (TPSA) is 29.5 Å². The van der Waals surface area contributed by atoms with Crippen LogP contribution in [0, 0.1) is 5.92 Å². The van der Waals surface area contributed by atoms with E-state index in [0.29, 0.717) is 0 Å². The van der Waals surface area contributed by atoms with E-state index in [2.05, 4.69) is 0 Å². The third kappa shape index (κ3) is 4.43. The zero-order valence-electron chi connectivity index (χ0n) is 6.59. The maximum absolute atomic E-state index is 9.07. The smallest absolute Gasteiger partial charge is 0.157 e. The molecule has 0 fully saturated rings. The molecule has 1 N–H and O–H groups in total. The summed E-state index contributed by atoms with van der Waals surface area (Å²) in [6.45, 7) is 7.66. The van der Waals surface area contributed by atoms with Gasteiger partial charge >= 0.3 is 0 Å². The van der Waals surface area contributed by atoms with Gasteiger partial charge in [-0.15, -0.1) is 0 Å². The van der Waals surface area contributed by atoms with Crippen molar-refractivity contribution in [1.82, 2.24) is 0 Å². The minimum Gasteiger partial charge on any atom is -0.368 e. The Hall–Kier alpha value is -0.0800. The fraction of sp³-hybridized carbons (Fsp3) is 1.00. The van der Waals surface area contributed by atoms with E-state index in [1.165, 1.54) is 0 Å². The Bertz CT molecular complexity index is 69.3. The van der Waals surface area contributed by atoms with Crippen LogP contribution >= 0.6 is 0 Å². The van der Waals surface area contributed by atoms with Crippen molar-refractivity contribution in [2.45, 2.75) is 40.1 Å². The molecule has 0 aromatic rings. The van der Waals surface area contributed by atoms with Crippen molar-refractivity contribution >= 4 is 0 Å². The van der Waals surface area contributed by atoms with E-state index in [1.54, 1.807) is 0 Å². The molecule has 0 rings (SSSR count). The number of aliphatic hydroxyl groups is 1. The highest BCUT2D eigenvalue weighted by molar-refractivity contribution is 4.48. The predicted octanol–water partition coefficient (Wildman–Crippen LogP) is 1.39. The van der Waals surface area contributed by atoms with E-state index >= 15 is 0 Å². The van der Waals surface area contributed by atoms with E-state index in [-0.39, 0.29) is 12.0 Å². The Kier molecular flexibility index (Phi) is 3.82.